The summed E-state index contributed by atoms with van der Waals surface area (Å²) in [5, 5.41) is 0. The molecule has 19 heavy (non-hydrogen) atoms. The summed E-state index contributed by atoms with van der Waals surface area (Å²) in [7, 11) is 0. The van der Waals surface area contributed by atoms with Crippen LogP contribution in [0.3, 0.4) is 0 Å². The Morgan fingerprint density at radius 1 is 1.16 bits per heavy atom. The Balaban J connectivity index is 1.77. The SMILES string of the molecule is Cc1ccc(SCCOc2cccc(C=O)c2)cc1. The topological polar surface area (TPSA) is 26.3 Å². The largest absolute Gasteiger partial charge is 0.493 e. The van der Waals surface area contributed by atoms with Crippen LogP contribution in [0.2, 0.25) is 0 Å². The van der Waals surface area contributed by atoms with E-state index in [1.54, 1.807) is 23.9 Å². The molecule has 0 bridgehead atoms. The molecular weight excluding hydrogens is 256 g/mol. The number of hydrogen-bond acceptors (Lipinski definition) is 3. The van der Waals surface area contributed by atoms with Gasteiger partial charge in [0.05, 0.1) is 6.61 Å². The molecule has 0 radical (unpaired) electrons. The van der Waals surface area contributed by atoms with Crippen molar-refractivity contribution < 1.29 is 9.53 Å². The molecule has 0 aromatic heterocycles. The van der Waals surface area contributed by atoms with Crippen molar-refractivity contribution in [1.82, 2.24) is 0 Å². The first-order valence-electron chi connectivity index (χ1n) is 6.15. The molecule has 98 valence electrons. The summed E-state index contributed by atoms with van der Waals surface area (Å²) in [4.78, 5) is 11.9. The zero-order valence-corrected chi connectivity index (χ0v) is 11.7. The molecule has 0 spiro atoms. The molecule has 0 saturated heterocycles. The van der Waals surface area contributed by atoms with Crippen LogP contribution in [-0.2, 0) is 0 Å². The van der Waals surface area contributed by atoms with Gasteiger partial charge in [-0.1, -0.05) is 29.8 Å². The van der Waals surface area contributed by atoms with E-state index in [1.165, 1.54) is 10.5 Å². The van der Waals surface area contributed by atoms with Crippen LogP contribution in [0.15, 0.2) is 53.4 Å². The van der Waals surface area contributed by atoms with Gasteiger partial charge in [0.25, 0.3) is 0 Å². The van der Waals surface area contributed by atoms with Crippen LogP contribution in [0.5, 0.6) is 5.75 Å². The molecule has 0 amide bonds. The van der Waals surface area contributed by atoms with Crippen LogP contribution in [0.25, 0.3) is 0 Å². The lowest BCUT2D eigenvalue weighted by Crippen LogP contribution is -2.00. The molecule has 0 aliphatic rings. The van der Waals surface area contributed by atoms with E-state index in [-0.39, 0.29) is 0 Å². The Morgan fingerprint density at radius 2 is 1.95 bits per heavy atom. The van der Waals surface area contributed by atoms with Gasteiger partial charge in [-0.15, -0.1) is 11.8 Å². The predicted octanol–water partition coefficient (Wildman–Crippen LogP) is 3.98. The molecule has 2 rings (SSSR count). The van der Waals surface area contributed by atoms with Crippen molar-refractivity contribution in [2.45, 2.75) is 11.8 Å². The molecular formula is C16H16O2S. The summed E-state index contributed by atoms with van der Waals surface area (Å²) in [5.74, 6) is 1.63. The van der Waals surface area contributed by atoms with Crippen LogP contribution in [0.1, 0.15) is 15.9 Å². The van der Waals surface area contributed by atoms with Crippen LogP contribution < -0.4 is 4.74 Å². The average molecular weight is 272 g/mol. The highest BCUT2D eigenvalue weighted by Crippen LogP contribution is 2.19. The van der Waals surface area contributed by atoms with E-state index in [1.807, 2.05) is 12.1 Å². The fraction of sp³-hybridized carbons (Fsp3) is 0.188. The standard InChI is InChI=1S/C16H16O2S/c1-13-5-7-16(8-6-13)19-10-9-18-15-4-2-3-14(11-15)12-17/h2-8,11-12H,9-10H2,1H3. The minimum atomic E-state index is 0.626. The van der Waals surface area contributed by atoms with Crippen molar-refractivity contribution >= 4 is 18.0 Å². The van der Waals surface area contributed by atoms with E-state index in [4.69, 9.17) is 4.74 Å². The summed E-state index contributed by atoms with van der Waals surface area (Å²) in [6.07, 6.45) is 0.827. The lowest BCUT2D eigenvalue weighted by atomic mass is 10.2. The smallest absolute Gasteiger partial charge is 0.150 e. The van der Waals surface area contributed by atoms with Crippen molar-refractivity contribution in [3.05, 3.63) is 59.7 Å². The monoisotopic (exact) mass is 272 g/mol. The van der Waals surface area contributed by atoms with Crippen molar-refractivity contribution in [2.75, 3.05) is 12.4 Å². The summed E-state index contributed by atoms with van der Waals surface area (Å²) in [5.41, 5.74) is 1.91. The second-order valence-corrected chi connectivity index (χ2v) is 5.37. The number of hydrogen-bond donors (Lipinski definition) is 0. The molecule has 0 N–H and O–H groups in total. The van der Waals surface area contributed by atoms with Gasteiger partial charge in [0.15, 0.2) is 0 Å². The normalized spacial score (nSPS) is 10.2. The lowest BCUT2D eigenvalue weighted by Gasteiger charge is -2.06. The summed E-state index contributed by atoms with van der Waals surface area (Å²) < 4.78 is 5.61. The molecule has 0 unspecified atom stereocenters. The van der Waals surface area contributed by atoms with Gasteiger partial charge in [0.2, 0.25) is 0 Å². The number of ether oxygens (including phenoxy) is 1. The Morgan fingerprint density at radius 3 is 2.68 bits per heavy atom. The minimum absolute atomic E-state index is 0.626. The number of carbonyl (C=O) groups excluding carboxylic acids is 1. The molecule has 2 nitrogen and oxygen atoms in total. The third kappa shape index (κ3) is 4.45. The van der Waals surface area contributed by atoms with Crippen LogP contribution >= 0.6 is 11.8 Å². The van der Waals surface area contributed by atoms with E-state index < -0.39 is 0 Å². The fourth-order valence-corrected chi connectivity index (χ4v) is 2.36. The van der Waals surface area contributed by atoms with Crippen molar-refractivity contribution in [3.8, 4) is 5.75 Å². The number of benzene rings is 2. The highest BCUT2D eigenvalue weighted by molar-refractivity contribution is 7.99. The van der Waals surface area contributed by atoms with E-state index in [0.717, 1.165) is 17.8 Å². The third-order valence-corrected chi connectivity index (χ3v) is 3.61. The van der Waals surface area contributed by atoms with E-state index in [0.29, 0.717) is 12.2 Å². The number of thioether (sulfide) groups is 1. The highest BCUT2D eigenvalue weighted by atomic mass is 32.2. The highest BCUT2D eigenvalue weighted by Gasteiger charge is 1.97. The van der Waals surface area contributed by atoms with E-state index >= 15 is 0 Å². The average Bonchev–Trinajstić information content (AvgIpc) is 2.46. The molecule has 0 fully saturated rings. The molecule has 0 aliphatic heterocycles. The van der Waals surface area contributed by atoms with Crippen molar-refractivity contribution in [2.24, 2.45) is 0 Å². The molecule has 2 aromatic rings. The number of carbonyl (C=O) groups is 1. The molecule has 2 aromatic carbocycles. The second-order valence-electron chi connectivity index (χ2n) is 4.20. The molecule has 0 heterocycles. The van der Waals surface area contributed by atoms with E-state index in [9.17, 15) is 4.79 Å². The maximum Gasteiger partial charge on any atom is 0.150 e. The van der Waals surface area contributed by atoms with Gasteiger partial charge >= 0.3 is 0 Å². The summed E-state index contributed by atoms with van der Waals surface area (Å²) in [6.45, 7) is 2.71. The number of aldehydes is 1. The summed E-state index contributed by atoms with van der Waals surface area (Å²) >= 11 is 1.76. The first kappa shape index (κ1) is 13.7. The van der Waals surface area contributed by atoms with Gasteiger partial charge in [0, 0.05) is 16.2 Å². The fourth-order valence-electron chi connectivity index (χ4n) is 1.63. The maximum atomic E-state index is 10.6. The predicted molar refractivity (Wildman–Crippen MR) is 79.2 cm³/mol. The molecule has 3 heteroatoms. The Hall–Kier alpha value is -1.74. The van der Waals surface area contributed by atoms with Gasteiger partial charge in [-0.25, -0.2) is 0 Å². The quantitative estimate of drug-likeness (QED) is 0.452. The molecule has 0 atom stereocenters. The summed E-state index contributed by atoms with van der Waals surface area (Å²) in [6, 6.07) is 15.7. The van der Waals surface area contributed by atoms with Crippen LogP contribution in [0, 0.1) is 6.92 Å². The number of rotatable bonds is 6. The second kappa shape index (κ2) is 7.00. The van der Waals surface area contributed by atoms with Gasteiger partial charge in [-0.05, 0) is 31.2 Å². The first-order chi connectivity index (χ1) is 9.28. The Kier molecular flexibility index (Phi) is 5.04. The van der Waals surface area contributed by atoms with Gasteiger partial charge in [-0.2, -0.15) is 0 Å². The van der Waals surface area contributed by atoms with Crippen molar-refractivity contribution in [3.63, 3.8) is 0 Å². The van der Waals surface area contributed by atoms with Crippen molar-refractivity contribution in [1.29, 1.82) is 0 Å². The zero-order chi connectivity index (χ0) is 13.5. The zero-order valence-electron chi connectivity index (χ0n) is 10.8. The Labute approximate surface area is 117 Å². The lowest BCUT2D eigenvalue weighted by molar-refractivity contribution is 0.112. The number of aryl methyl sites for hydroxylation is 1. The third-order valence-electron chi connectivity index (χ3n) is 2.64. The maximum absolute atomic E-state index is 10.6. The van der Waals surface area contributed by atoms with Gasteiger partial charge in [0.1, 0.15) is 12.0 Å². The Bertz CT molecular complexity index is 535. The van der Waals surface area contributed by atoms with Crippen LogP contribution in [0.4, 0.5) is 0 Å². The van der Waals surface area contributed by atoms with Crippen LogP contribution in [-0.4, -0.2) is 18.6 Å². The van der Waals surface area contributed by atoms with Gasteiger partial charge < -0.3 is 4.74 Å². The van der Waals surface area contributed by atoms with Gasteiger partial charge in [-0.3, -0.25) is 4.79 Å². The van der Waals surface area contributed by atoms with E-state index in [2.05, 4.69) is 31.2 Å². The molecule has 0 saturated carbocycles. The molecule has 0 aliphatic carbocycles. The first-order valence-corrected chi connectivity index (χ1v) is 7.14. The minimum Gasteiger partial charge on any atom is -0.493 e.